The number of carbonyl (C=O) groups is 8. The molecule has 6 amide bonds. The number of ether oxygens (including phenoxy) is 3. The van der Waals surface area contributed by atoms with E-state index in [1.54, 1.807) is 96.4 Å². The number of ketones is 1. The third-order valence-electron chi connectivity index (χ3n) is 11.6. The number of Topliss-reactive ketones (excluding diaryl/α,β-unsaturated/α-hetero) is 1. The van der Waals surface area contributed by atoms with E-state index < -0.39 is 83.6 Å². The minimum absolute atomic E-state index is 0.0265. The first-order chi connectivity index (χ1) is 30.4. The molecule has 1 aliphatic carbocycles. The third-order valence-corrected chi connectivity index (χ3v) is 11.6. The number of fused-ring (bicyclic) bond motifs is 4. The minimum atomic E-state index is -1.29. The number of hydrogen-bond donors (Lipinski definition) is 4. The van der Waals surface area contributed by atoms with Crippen molar-refractivity contribution in [1.82, 2.24) is 31.1 Å². The second-order valence-corrected chi connectivity index (χ2v) is 18.0. The molecule has 4 N–H and O–H groups in total. The Kier molecular flexibility index (Phi) is 17.4. The van der Waals surface area contributed by atoms with Crippen LogP contribution in [-0.4, -0.2) is 127 Å². The molecule has 2 aliphatic heterocycles. The van der Waals surface area contributed by atoms with Crippen molar-refractivity contribution < 1.29 is 52.6 Å². The highest BCUT2D eigenvalue weighted by atomic mass is 16.6. The van der Waals surface area contributed by atoms with E-state index in [1.807, 2.05) is 0 Å². The number of nitrogens with zero attached hydrogens (tertiary/aromatic N) is 2. The summed E-state index contributed by atoms with van der Waals surface area (Å²) < 4.78 is 17.8. The highest BCUT2D eigenvalue weighted by Crippen LogP contribution is 2.34. The number of nitrogens with one attached hydrogen (secondary N) is 4. The van der Waals surface area contributed by atoms with Crippen molar-refractivity contribution >= 4 is 47.2 Å². The maximum Gasteiger partial charge on any atom is 0.309 e. The van der Waals surface area contributed by atoms with Crippen LogP contribution in [0, 0.1) is 11.8 Å². The predicted molar refractivity (Wildman–Crippen MR) is 234 cm³/mol. The predicted octanol–water partition coefficient (Wildman–Crippen LogP) is 2.55. The Bertz CT molecular complexity index is 2000. The first-order valence-corrected chi connectivity index (χ1v) is 22.3. The highest BCUT2D eigenvalue weighted by molar-refractivity contribution is 6.38. The molecule has 0 radical (unpaired) electrons. The Balaban J connectivity index is 1.32. The molecule has 0 aromatic heterocycles. The maximum atomic E-state index is 14.9. The van der Waals surface area contributed by atoms with Gasteiger partial charge >= 0.3 is 5.97 Å². The van der Waals surface area contributed by atoms with E-state index in [9.17, 15) is 38.4 Å². The number of rotatable bonds is 13. The number of benzene rings is 2. The molecule has 1 saturated heterocycles. The molecule has 4 bridgehead atoms. The van der Waals surface area contributed by atoms with Gasteiger partial charge in [-0.05, 0) is 82.1 Å². The van der Waals surface area contributed by atoms with Crippen LogP contribution in [-0.2, 0) is 54.3 Å². The summed E-state index contributed by atoms with van der Waals surface area (Å²) in [4.78, 5) is 111. The van der Waals surface area contributed by atoms with Crippen LogP contribution in [0.4, 0.5) is 0 Å². The van der Waals surface area contributed by atoms with Gasteiger partial charge in [-0.25, -0.2) is 0 Å². The molecule has 5 rings (SSSR count). The summed E-state index contributed by atoms with van der Waals surface area (Å²) in [6, 6.07) is 11.3. The fourth-order valence-electron chi connectivity index (χ4n) is 8.33. The van der Waals surface area contributed by atoms with Crippen molar-refractivity contribution in [3.63, 3.8) is 0 Å². The molecule has 1 saturated carbocycles. The van der Waals surface area contributed by atoms with E-state index in [1.165, 1.54) is 9.80 Å². The van der Waals surface area contributed by atoms with Crippen molar-refractivity contribution in [1.29, 1.82) is 0 Å². The van der Waals surface area contributed by atoms with Crippen LogP contribution in [0.1, 0.15) is 96.2 Å². The molecule has 348 valence electrons. The lowest BCUT2D eigenvalue weighted by Crippen LogP contribution is -2.58. The average Bonchev–Trinajstić information content (AvgIpc) is 3.69. The van der Waals surface area contributed by atoms with Gasteiger partial charge in [-0.15, -0.1) is 0 Å². The van der Waals surface area contributed by atoms with E-state index in [0.717, 1.165) is 0 Å². The fraction of sp³-hybridized carbons (Fsp3) is 0.574. The normalized spacial score (nSPS) is 22.7. The quantitative estimate of drug-likeness (QED) is 0.169. The summed E-state index contributed by atoms with van der Waals surface area (Å²) in [7, 11) is 3.10. The van der Waals surface area contributed by atoms with Crippen LogP contribution in [0.5, 0.6) is 5.75 Å². The lowest BCUT2D eigenvalue weighted by molar-refractivity contribution is -0.161. The van der Waals surface area contributed by atoms with Crippen molar-refractivity contribution in [2.45, 2.75) is 121 Å². The summed E-state index contributed by atoms with van der Waals surface area (Å²) in [5, 5.41) is 10.6. The lowest BCUT2D eigenvalue weighted by Gasteiger charge is -2.36. The summed E-state index contributed by atoms with van der Waals surface area (Å²) in [5.74, 6) is -5.23. The Labute approximate surface area is 375 Å². The number of esters is 1. The van der Waals surface area contributed by atoms with Gasteiger partial charge in [-0.3, -0.25) is 38.4 Å². The van der Waals surface area contributed by atoms with Crippen LogP contribution in [0.3, 0.4) is 0 Å². The van der Waals surface area contributed by atoms with Gasteiger partial charge in [-0.2, -0.15) is 0 Å². The molecule has 2 aromatic carbocycles. The maximum absolute atomic E-state index is 14.9. The zero-order chi connectivity index (χ0) is 46.6. The molecule has 2 fully saturated rings. The van der Waals surface area contributed by atoms with Crippen LogP contribution in [0.2, 0.25) is 0 Å². The Morgan fingerprint density at radius 1 is 0.938 bits per heavy atom. The van der Waals surface area contributed by atoms with Crippen LogP contribution >= 0.6 is 0 Å². The molecule has 64 heavy (non-hydrogen) atoms. The van der Waals surface area contributed by atoms with Crippen LogP contribution < -0.4 is 26.0 Å². The van der Waals surface area contributed by atoms with E-state index >= 15 is 0 Å². The summed E-state index contributed by atoms with van der Waals surface area (Å²) in [5.41, 5.74) is 0.557. The van der Waals surface area contributed by atoms with Crippen molar-refractivity contribution in [3.05, 3.63) is 65.7 Å². The standard InChI is InChI=1S/C47H64N6O11/c1-7-13-35(41(56)43(58)48-27-38(55)51-39(44(59)52(5)6)30-15-9-8-10-16-30)49-42(57)36-26-34-28-53(36)45(60)40(31-18-20-32(21-19-31)46(61)64-47(2,3)4)50-37(54)25-29-14-11-17-33(24-29)62-22-12-23-63-34/h8-11,14-17,24,31-32,34-36,39-40H,7,12-13,18-23,25-28H2,1-6H3,(H,48,58)(H,49,57)(H,50,54)(H,51,55)/t31?,32?,34?,35?,36?,39-,40-/m0/s1. The second-order valence-electron chi connectivity index (χ2n) is 18.0. The SMILES string of the molecule is CCCC(NC(=O)C1CC2CN1C(=O)[C@H](C1CCC(C(=O)OC(C)(C)C)CC1)NC(=O)Cc1cccc(c1)OCCCO2)C(=O)C(=O)NCC(=O)N[C@H](C(=O)N(C)C)c1ccccc1. The molecule has 3 aliphatic rings. The Morgan fingerprint density at radius 2 is 1.66 bits per heavy atom. The van der Waals surface area contributed by atoms with E-state index in [-0.39, 0.29) is 50.2 Å². The van der Waals surface area contributed by atoms with Crippen molar-refractivity contribution in [2.24, 2.45) is 11.8 Å². The van der Waals surface area contributed by atoms with Gasteiger partial charge in [0.1, 0.15) is 29.5 Å². The number of likely N-dealkylation sites (N-methyl/N-ethyl adjacent to an activating group) is 1. The molecular weight excluding hydrogens is 825 g/mol. The van der Waals surface area contributed by atoms with Gasteiger partial charge in [-0.1, -0.05) is 55.8 Å². The molecular formula is C47H64N6O11. The van der Waals surface area contributed by atoms with Crippen LogP contribution in [0.25, 0.3) is 0 Å². The van der Waals surface area contributed by atoms with Gasteiger partial charge < -0.3 is 45.3 Å². The minimum Gasteiger partial charge on any atom is -0.493 e. The average molecular weight is 889 g/mol. The Morgan fingerprint density at radius 3 is 2.33 bits per heavy atom. The molecule has 0 spiro atoms. The molecule has 2 aromatic rings. The smallest absolute Gasteiger partial charge is 0.309 e. The van der Waals surface area contributed by atoms with Gasteiger partial charge in [0.15, 0.2) is 0 Å². The summed E-state index contributed by atoms with van der Waals surface area (Å²) in [6.45, 7) is 7.21. The Hall–Kier alpha value is -5.84. The third kappa shape index (κ3) is 13.8. The fourth-order valence-corrected chi connectivity index (χ4v) is 8.33. The summed E-state index contributed by atoms with van der Waals surface area (Å²) in [6.07, 6.45) is 2.24. The molecule has 5 atom stereocenters. The van der Waals surface area contributed by atoms with Crippen molar-refractivity contribution in [3.8, 4) is 5.75 Å². The van der Waals surface area contributed by atoms with Crippen molar-refractivity contribution in [2.75, 3.05) is 40.4 Å². The molecule has 2 heterocycles. The number of carbonyl (C=O) groups excluding carboxylic acids is 8. The van der Waals surface area contributed by atoms with Gasteiger partial charge in [0.05, 0.1) is 44.2 Å². The highest BCUT2D eigenvalue weighted by Gasteiger charge is 2.46. The van der Waals surface area contributed by atoms with E-state index in [0.29, 0.717) is 62.0 Å². The molecule has 3 unspecified atom stereocenters. The zero-order valence-corrected chi connectivity index (χ0v) is 37.8. The summed E-state index contributed by atoms with van der Waals surface area (Å²) >= 11 is 0. The first-order valence-electron chi connectivity index (χ1n) is 22.3. The number of hydrogen-bond acceptors (Lipinski definition) is 11. The second kappa shape index (κ2) is 22.7. The van der Waals surface area contributed by atoms with Gasteiger partial charge in [0, 0.05) is 33.5 Å². The van der Waals surface area contributed by atoms with Gasteiger partial charge in [0.2, 0.25) is 35.3 Å². The van der Waals surface area contributed by atoms with E-state index in [4.69, 9.17) is 14.2 Å². The number of amides is 6. The first kappa shape index (κ1) is 49.2. The lowest BCUT2D eigenvalue weighted by atomic mass is 9.78. The van der Waals surface area contributed by atoms with E-state index in [2.05, 4.69) is 21.3 Å². The van der Waals surface area contributed by atoms with Crippen LogP contribution in [0.15, 0.2) is 54.6 Å². The largest absolute Gasteiger partial charge is 0.493 e. The topological polar surface area (TPSA) is 219 Å². The monoisotopic (exact) mass is 888 g/mol. The molecule has 17 nitrogen and oxygen atoms in total. The van der Waals surface area contributed by atoms with Gasteiger partial charge in [0.25, 0.3) is 5.91 Å². The zero-order valence-electron chi connectivity index (χ0n) is 37.8. The molecule has 17 heteroatoms.